The molecule has 0 bridgehead atoms. The van der Waals surface area contributed by atoms with E-state index < -0.39 is 5.79 Å². The van der Waals surface area contributed by atoms with Crippen LogP contribution in [0.5, 0.6) is 11.5 Å². The molecule has 4 aromatic rings. The maximum atomic E-state index is 12.2. The van der Waals surface area contributed by atoms with Crippen LogP contribution in [0.15, 0.2) is 60.9 Å². The maximum Gasteiger partial charge on any atom is 0.251 e. The zero-order valence-electron chi connectivity index (χ0n) is 28.5. The Morgan fingerprint density at radius 3 is 2.18 bits per heavy atom. The number of nitriles is 1. The third-order valence-electron chi connectivity index (χ3n) is 7.95. The van der Waals surface area contributed by atoms with Crippen molar-refractivity contribution in [3.05, 3.63) is 117 Å². The van der Waals surface area contributed by atoms with Crippen molar-refractivity contribution in [2.75, 3.05) is 13.1 Å². The first kappa shape index (κ1) is 37.0. The lowest BCUT2D eigenvalue weighted by Gasteiger charge is -2.34. The second-order valence-corrected chi connectivity index (χ2v) is 12.0. The average Bonchev–Trinajstić information content (AvgIpc) is 3.11. The molecule has 0 radical (unpaired) electrons. The molecule has 1 aliphatic heterocycles. The molecule has 0 spiro atoms. The van der Waals surface area contributed by atoms with Gasteiger partial charge in [0, 0.05) is 67.1 Å². The van der Waals surface area contributed by atoms with E-state index >= 15 is 0 Å². The Morgan fingerprint density at radius 1 is 0.960 bits per heavy atom. The molecule has 0 saturated carbocycles. The van der Waals surface area contributed by atoms with E-state index in [1.165, 1.54) is 0 Å². The first-order valence-electron chi connectivity index (χ1n) is 15.9. The summed E-state index contributed by atoms with van der Waals surface area (Å²) in [4.78, 5) is 32.9. The summed E-state index contributed by atoms with van der Waals surface area (Å²) in [6.45, 7) is 8.25. The zero-order chi connectivity index (χ0) is 36.4. The highest BCUT2D eigenvalue weighted by molar-refractivity contribution is 6.00. The van der Waals surface area contributed by atoms with Crippen molar-refractivity contribution in [1.82, 2.24) is 20.6 Å². The maximum absolute atomic E-state index is 12.2. The number of nitrogens with zero attached hydrogens (tertiary/aromatic N) is 3. The van der Waals surface area contributed by atoms with Crippen molar-refractivity contribution < 1.29 is 29.3 Å². The molecule has 260 valence electrons. The van der Waals surface area contributed by atoms with E-state index in [-0.39, 0.29) is 30.0 Å². The van der Waals surface area contributed by atoms with Crippen LogP contribution in [0.2, 0.25) is 0 Å². The van der Waals surface area contributed by atoms with E-state index in [0.717, 1.165) is 22.6 Å². The molecule has 0 unspecified atom stereocenters. The largest absolute Gasteiger partial charge is 0.506 e. The van der Waals surface area contributed by atoms with Gasteiger partial charge in [0.1, 0.15) is 17.3 Å². The number of aromatic hydroxyl groups is 1. The van der Waals surface area contributed by atoms with Crippen LogP contribution in [0, 0.1) is 30.6 Å². The second-order valence-electron chi connectivity index (χ2n) is 12.0. The number of aryl methyl sites for hydroxylation is 2. The normalized spacial score (nSPS) is 12.6. The van der Waals surface area contributed by atoms with Gasteiger partial charge in [-0.3, -0.25) is 25.0 Å². The van der Waals surface area contributed by atoms with Crippen LogP contribution in [0.3, 0.4) is 0 Å². The monoisotopic (exact) mass is 679 g/mol. The Labute approximate surface area is 290 Å². The standard InChI is InChI=1S/C20H21N3O3.C17H20N4O3/c1-13-18-17(12-25-20(2,3)26-18)16(11-23-13)7-8-22-19(24)15-6-4-5-14(9-15)10-21;1-10-15(23)14(9-22)13(8-21-10)5-6-20-17(24)12-4-2-3-11(7-12)16(18)19/h4-6,9,11H,7-8,12H2,1-3H3,(H,22,24);2-4,7-8,22-23H,5-6,9H2,1H3,(H3,18,19)(H,20,24). The predicted molar refractivity (Wildman–Crippen MR) is 186 cm³/mol. The van der Waals surface area contributed by atoms with Gasteiger partial charge >= 0.3 is 0 Å². The van der Waals surface area contributed by atoms with Crippen molar-refractivity contribution >= 4 is 17.6 Å². The molecule has 1 aliphatic rings. The summed E-state index contributed by atoms with van der Waals surface area (Å²) in [6, 6.07) is 15.2. The zero-order valence-corrected chi connectivity index (χ0v) is 28.5. The van der Waals surface area contributed by atoms with Gasteiger partial charge in [-0.15, -0.1) is 0 Å². The van der Waals surface area contributed by atoms with Crippen molar-refractivity contribution in [3.63, 3.8) is 0 Å². The minimum absolute atomic E-state index is 0.0181. The Balaban J connectivity index is 0.000000226. The van der Waals surface area contributed by atoms with Crippen LogP contribution in [0.25, 0.3) is 0 Å². The molecule has 13 nitrogen and oxygen atoms in total. The number of aromatic nitrogens is 2. The van der Waals surface area contributed by atoms with Crippen LogP contribution < -0.4 is 21.1 Å². The molecule has 0 atom stereocenters. The first-order chi connectivity index (χ1) is 23.8. The van der Waals surface area contributed by atoms with Gasteiger partial charge in [0.2, 0.25) is 5.79 Å². The van der Waals surface area contributed by atoms with Crippen molar-refractivity contribution in [2.45, 2.75) is 59.5 Å². The van der Waals surface area contributed by atoms with E-state index in [1.807, 2.05) is 33.0 Å². The van der Waals surface area contributed by atoms with E-state index in [1.54, 1.807) is 61.7 Å². The number of rotatable bonds is 10. The Hall–Kier alpha value is -5.84. The van der Waals surface area contributed by atoms with Crippen LogP contribution in [0.1, 0.15) is 79.3 Å². The molecule has 3 heterocycles. The SMILES string of the molecule is Cc1ncc(CCNC(=O)c2cccc(C#N)c2)c2c1OC(C)(C)OC2.Cc1ncc(CCNC(=O)c2cccc(C(=N)N)c2)c(CO)c1O. The number of carbonyl (C=O) groups is 2. The molecule has 2 amide bonds. The Bertz CT molecular complexity index is 1940. The van der Waals surface area contributed by atoms with Crippen LogP contribution in [0.4, 0.5) is 0 Å². The van der Waals surface area contributed by atoms with E-state index in [0.29, 0.717) is 71.6 Å². The fourth-order valence-electron chi connectivity index (χ4n) is 5.17. The van der Waals surface area contributed by atoms with Crippen molar-refractivity contribution in [2.24, 2.45) is 5.73 Å². The highest BCUT2D eigenvalue weighted by atomic mass is 16.7. The van der Waals surface area contributed by atoms with Gasteiger partial charge in [-0.1, -0.05) is 18.2 Å². The Kier molecular flexibility index (Phi) is 12.2. The molecule has 0 saturated heterocycles. The van der Waals surface area contributed by atoms with Crippen LogP contribution in [-0.4, -0.2) is 56.7 Å². The number of fused-ring (bicyclic) bond motifs is 1. The summed E-state index contributed by atoms with van der Waals surface area (Å²) in [5, 5.41) is 41.3. The lowest BCUT2D eigenvalue weighted by atomic mass is 10.0. The van der Waals surface area contributed by atoms with Crippen molar-refractivity contribution in [1.29, 1.82) is 10.7 Å². The number of hydrogen-bond acceptors (Lipinski definition) is 10. The topological polar surface area (TPSA) is 217 Å². The molecule has 7 N–H and O–H groups in total. The summed E-state index contributed by atoms with van der Waals surface area (Å²) >= 11 is 0. The number of amides is 2. The van der Waals surface area contributed by atoms with Gasteiger partial charge < -0.3 is 36.1 Å². The summed E-state index contributed by atoms with van der Waals surface area (Å²) < 4.78 is 11.7. The molecular formula is C37H41N7O6. The fraction of sp³-hybridized carbons (Fsp3) is 0.297. The molecule has 13 heteroatoms. The molecular weight excluding hydrogens is 638 g/mol. The molecule has 50 heavy (non-hydrogen) atoms. The number of aliphatic hydroxyl groups is 1. The number of benzene rings is 2. The number of aliphatic hydroxyl groups excluding tert-OH is 1. The molecule has 5 rings (SSSR count). The van der Waals surface area contributed by atoms with Gasteiger partial charge in [0.15, 0.2) is 0 Å². The summed E-state index contributed by atoms with van der Waals surface area (Å²) in [5.74, 6) is -0.503. The first-order valence-corrected chi connectivity index (χ1v) is 15.9. The third kappa shape index (κ3) is 9.40. The minimum Gasteiger partial charge on any atom is -0.506 e. The molecule has 0 fully saturated rings. The quantitative estimate of drug-likeness (QED) is 0.105. The number of nitrogens with two attached hydrogens (primary N) is 1. The fourth-order valence-corrected chi connectivity index (χ4v) is 5.17. The van der Waals surface area contributed by atoms with Gasteiger partial charge in [-0.2, -0.15) is 5.26 Å². The number of amidine groups is 1. The number of ether oxygens (including phenoxy) is 2. The number of nitrogens with one attached hydrogen (secondary N) is 3. The second kappa shape index (κ2) is 16.5. The smallest absolute Gasteiger partial charge is 0.251 e. The van der Waals surface area contributed by atoms with E-state index in [2.05, 4.69) is 20.6 Å². The number of carbonyl (C=O) groups excluding carboxylic acids is 2. The van der Waals surface area contributed by atoms with Gasteiger partial charge in [-0.25, -0.2) is 0 Å². The van der Waals surface area contributed by atoms with E-state index in [4.69, 9.17) is 25.9 Å². The number of hydrogen-bond donors (Lipinski definition) is 6. The Morgan fingerprint density at radius 2 is 1.54 bits per heavy atom. The van der Waals surface area contributed by atoms with E-state index in [9.17, 15) is 19.8 Å². The lowest BCUT2D eigenvalue weighted by Crippen LogP contribution is -2.36. The van der Waals surface area contributed by atoms with Gasteiger partial charge in [-0.05, 0) is 68.1 Å². The number of pyridine rings is 2. The summed E-state index contributed by atoms with van der Waals surface area (Å²) in [6.07, 6.45) is 4.44. The molecule has 2 aromatic carbocycles. The summed E-state index contributed by atoms with van der Waals surface area (Å²) in [5.41, 5.74) is 11.6. The minimum atomic E-state index is -0.669. The number of nitrogen functional groups attached to an aromatic ring is 1. The van der Waals surface area contributed by atoms with Crippen LogP contribution >= 0.6 is 0 Å². The van der Waals surface area contributed by atoms with Gasteiger partial charge in [0.05, 0.1) is 36.2 Å². The highest BCUT2D eigenvalue weighted by Crippen LogP contribution is 2.35. The predicted octanol–water partition coefficient (Wildman–Crippen LogP) is 3.72. The highest BCUT2D eigenvalue weighted by Gasteiger charge is 2.30. The third-order valence-corrected chi connectivity index (χ3v) is 7.95. The van der Waals surface area contributed by atoms with Crippen molar-refractivity contribution in [3.8, 4) is 17.6 Å². The summed E-state index contributed by atoms with van der Waals surface area (Å²) in [7, 11) is 0. The molecule has 0 aliphatic carbocycles. The van der Waals surface area contributed by atoms with Crippen LogP contribution in [-0.2, 0) is 30.8 Å². The van der Waals surface area contributed by atoms with Gasteiger partial charge in [0.25, 0.3) is 11.8 Å². The average molecular weight is 680 g/mol. The lowest BCUT2D eigenvalue weighted by molar-refractivity contribution is -0.180. The molecule has 2 aromatic heterocycles.